The second kappa shape index (κ2) is 5.60. The van der Waals surface area contributed by atoms with Crippen molar-refractivity contribution in [2.75, 3.05) is 13.2 Å². The van der Waals surface area contributed by atoms with E-state index in [1.165, 1.54) is 12.8 Å². The summed E-state index contributed by atoms with van der Waals surface area (Å²) in [7, 11) is 0. The van der Waals surface area contributed by atoms with Crippen molar-refractivity contribution >= 4 is 0 Å². The zero-order chi connectivity index (χ0) is 12.3. The van der Waals surface area contributed by atoms with E-state index in [0.29, 0.717) is 18.4 Å². The van der Waals surface area contributed by atoms with Crippen LogP contribution in [-0.2, 0) is 6.54 Å². The number of aliphatic hydroxyl groups excluding tert-OH is 1. The van der Waals surface area contributed by atoms with Gasteiger partial charge in [-0.05, 0) is 45.1 Å². The standard InChI is InChI=1S/C12H22N4O/c1-9-14-15-12(16(9)6-7-17)11-4-2-10(8-13)3-5-11/h10-11,17H,2-8,13H2,1H3. The molecular weight excluding hydrogens is 216 g/mol. The predicted molar refractivity (Wildman–Crippen MR) is 65.6 cm³/mol. The van der Waals surface area contributed by atoms with Crippen LogP contribution in [0.25, 0.3) is 0 Å². The van der Waals surface area contributed by atoms with Crippen LogP contribution in [0.5, 0.6) is 0 Å². The highest BCUT2D eigenvalue weighted by Crippen LogP contribution is 2.34. The average Bonchev–Trinajstić information content (AvgIpc) is 2.72. The Hall–Kier alpha value is -0.940. The van der Waals surface area contributed by atoms with Crippen LogP contribution in [0.15, 0.2) is 0 Å². The molecule has 1 aromatic heterocycles. The molecule has 0 amide bonds. The molecule has 0 aromatic carbocycles. The molecule has 1 heterocycles. The van der Waals surface area contributed by atoms with Crippen LogP contribution in [0.3, 0.4) is 0 Å². The zero-order valence-electron chi connectivity index (χ0n) is 10.5. The molecule has 96 valence electrons. The van der Waals surface area contributed by atoms with Gasteiger partial charge in [0.25, 0.3) is 0 Å². The van der Waals surface area contributed by atoms with E-state index < -0.39 is 0 Å². The molecule has 0 radical (unpaired) electrons. The molecule has 0 saturated heterocycles. The fourth-order valence-electron chi connectivity index (χ4n) is 2.73. The lowest BCUT2D eigenvalue weighted by Gasteiger charge is -2.27. The molecule has 5 heteroatoms. The van der Waals surface area contributed by atoms with Gasteiger partial charge >= 0.3 is 0 Å². The third kappa shape index (κ3) is 2.66. The summed E-state index contributed by atoms with van der Waals surface area (Å²) in [5.74, 6) is 3.12. The van der Waals surface area contributed by atoms with Crippen molar-refractivity contribution in [1.82, 2.24) is 14.8 Å². The minimum atomic E-state index is 0.143. The molecule has 2 rings (SSSR count). The lowest BCUT2D eigenvalue weighted by Crippen LogP contribution is -2.22. The highest BCUT2D eigenvalue weighted by molar-refractivity contribution is 5.03. The minimum Gasteiger partial charge on any atom is -0.395 e. The third-order valence-corrected chi connectivity index (χ3v) is 3.83. The van der Waals surface area contributed by atoms with Crippen LogP contribution in [0.1, 0.15) is 43.3 Å². The van der Waals surface area contributed by atoms with Gasteiger partial charge in [0.1, 0.15) is 11.6 Å². The Morgan fingerprint density at radius 3 is 2.59 bits per heavy atom. The van der Waals surface area contributed by atoms with Gasteiger partial charge in [-0.1, -0.05) is 0 Å². The van der Waals surface area contributed by atoms with Gasteiger partial charge in [0.15, 0.2) is 0 Å². The summed E-state index contributed by atoms with van der Waals surface area (Å²) in [5, 5.41) is 17.5. The summed E-state index contributed by atoms with van der Waals surface area (Å²) in [6, 6.07) is 0. The molecule has 0 bridgehead atoms. The molecular formula is C12H22N4O. The Morgan fingerprint density at radius 2 is 2.00 bits per heavy atom. The quantitative estimate of drug-likeness (QED) is 0.814. The molecule has 5 nitrogen and oxygen atoms in total. The van der Waals surface area contributed by atoms with Crippen molar-refractivity contribution in [2.45, 2.75) is 45.1 Å². The molecule has 1 fully saturated rings. The third-order valence-electron chi connectivity index (χ3n) is 3.83. The number of hydrogen-bond donors (Lipinski definition) is 2. The Bertz CT molecular complexity index is 355. The van der Waals surface area contributed by atoms with Crippen molar-refractivity contribution in [3.05, 3.63) is 11.6 Å². The predicted octanol–water partition coefficient (Wildman–Crippen LogP) is 0.811. The number of nitrogens with zero attached hydrogens (tertiary/aromatic N) is 3. The van der Waals surface area contributed by atoms with E-state index in [1.807, 2.05) is 11.5 Å². The van der Waals surface area contributed by atoms with Crippen LogP contribution in [-0.4, -0.2) is 33.0 Å². The smallest absolute Gasteiger partial charge is 0.136 e. The second-order valence-electron chi connectivity index (χ2n) is 4.93. The van der Waals surface area contributed by atoms with Crippen molar-refractivity contribution in [3.8, 4) is 0 Å². The lowest BCUT2D eigenvalue weighted by molar-refractivity contribution is 0.266. The van der Waals surface area contributed by atoms with E-state index in [1.54, 1.807) is 0 Å². The number of aliphatic hydroxyl groups is 1. The fraction of sp³-hybridized carbons (Fsp3) is 0.833. The van der Waals surface area contributed by atoms with Crippen LogP contribution in [0.4, 0.5) is 0 Å². The Morgan fingerprint density at radius 1 is 1.29 bits per heavy atom. The normalized spacial score (nSPS) is 25.1. The molecule has 3 N–H and O–H groups in total. The number of nitrogens with two attached hydrogens (primary N) is 1. The number of hydrogen-bond acceptors (Lipinski definition) is 4. The molecule has 17 heavy (non-hydrogen) atoms. The van der Waals surface area contributed by atoms with Crippen LogP contribution >= 0.6 is 0 Å². The maximum Gasteiger partial charge on any atom is 0.136 e. The monoisotopic (exact) mass is 238 g/mol. The van der Waals surface area contributed by atoms with Crippen LogP contribution in [0.2, 0.25) is 0 Å². The molecule has 1 aromatic rings. The molecule has 1 aliphatic carbocycles. The number of rotatable bonds is 4. The van der Waals surface area contributed by atoms with Gasteiger partial charge in [-0.25, -0.2) is 0 Å². The molecule has 1 saturated carbocycles. The van der Waals surface area contributed by atoms with Crippen LogP contribution in [0, 0.1) is 12.8 Å². The van der Waals surface area contributed by atoms with Gasteiger partial charge in [-0.3, -0.25) is 0 Å². The minimum absolute atomic E-state index is 0.143. The topological polar surface area (TPSA) is 77.0 Å². The summed E-state index contributed by atoms with van der Waals surface area (Å²) < 4.78 is 2.05. The largest absolute Gasteiger partial charge is 0.395 e. The van der Waals surface area contributed by atoms with E-state index in [-0.39, 0.29) is 6.61 Å². The van der Waals surface area contributed by atoms with Gasteiger partial charge < -0.3 is 15.4 Å². The SMILES string of the molecule is Cc1nnc(C2CCC(CN)CC2)n1CCO. The molecule has 0 spiro atoms. The van der Waals surface area contributed by atoms with E-state index >= 15 is 0 Å². The van der Waals surface area contributed by atoms with Crippen molar-refractivity contribution in [2.24, 2.45) is 11.7 Å². The van der Waals surface area contributed by atoms with Crippen LogP contribution < -0.4 is 5.73 Å². The maximum absolute atomic E-state index is 9.07. The Balaban J connectivity index is 2.07. The number of aromatic nitrogens is 3. The first-order valence-corrected chi connectivity index (χ1v) is 6.47. The van der Waals surface area contributed by atoms with Crippen molar-refractivity contribution in [1.29, 1.82) is 0 Å². The van der Waals surface area contributed by atoms with E-state index in [9.17, 15) is 0 Å². The highest BCUT2D eigenvalue weighted by Gasteiger charge is 2.25. The first kappa shape index (κ1) is 12.5. The summed E-state index contributed by atoms with van der Waals surface area (Å²) in [5.41, 5.74) is 5.70. The molecule has 1 aliphatic rings. The Kier molecular flexibility index (Phi) is 4.12. The summed E-state index contributed by atoms with van der Waals surface area (Å²) in [6.07, 6.45) is 4.66. The first-order valence-electron chi connectivity index (χ1n) is 6.47. The van der Waals surface area contributed by atoms with Gasteiger partial charge in [0.2, 0.25) is 0 Å². The van der Waals surface area contributed by atoms with Gasteiger partial charge in [0.05, 0.1) is 6.61 Å². The lowest BCUT2D eigenvalue weighted by atomic mass is 9.81. The fourth-order valence-corrected chi connectivity index (χ4v) is 2.73. The summed E-state index contributed by atoms with van der Waals surface area (Å²) in [6.45, 7) is 3.49. The van der Waals surface area contributed by atoms with E-state index in [2.05, 4.69) is 10.2 Å². The van der Waals surface area contributed by atoms with E-state index in [4.69, 9.17) is 10.8 Å². The zero-order valence-corrected chi connectivity index (χ0v) is 10.5. The van der Waals surface area contributed by atoms with Gasteiger partial charge in [0, 0.05) is 12.5 Å². The van der Waals surface area contributed by atoms with Gasteiger partial charge in [-0.15, -0.1) is 10.2 Å². The highest BCUT2D eigenvalue weighted by atomic mass is 16.3. The molecule has 0 aliphatic heterocycles. The van der Waals surface area contributed by atoms with E-state index in [0.717, 1.165) is 31.0 Å². The number of aryl methyl sites for hydroxylation is 1. The van der Waals surface area contributed by atoms with Crippen molar-refractivity contribution in [3.63, 3.8) is 0 Å². The summed E-state index contributed by atoms with van der Waals surface area (Å²) >= 11 is 0. The maximum atomic E-state index is 9.07. The Labute approximate surface area is 102 Å². The molecule has 0 atom stereocenters. The second-order valence-corrected chi connectivity index (χ2v) is 4.93. The molecule has 0 unspecified atom stereocenters. The van der Waals surface area contributed by atoms with Gasteiger partial charge in [-0.2, -0.15) is 0 Å². The van der Waals surface area contributed by atoms with Crippen molar-refractivity contribution < 1.29 is 5.11 Å². The first-order chi connectivity index (χ1) is 8.26. The average molecular weight is 238 g/mol. The summed E-state index contributed by atoms with van der Waals surface area (Å²) in [4.78, 5) is 0.